The Hall–Kier alpha value is -0.350. The van der Waals surface area contributed by atoms with Crippen molar-refractivity contribution < 1.29 is 4.74 Å². The summed E-state index contributed by atoms with van der Waals surface area (Å²) in [5.41, 5.74) is 0. The first kappa shape index (κ1) is 7.75. The van der Waals surface area contributed by atoms with E-state index in [0.29, 0.717) is 5.17 Å². The molecule has 0 bridgehead atoms. The van der Waals surface area contributed by atoms with Crippen molar-refractivity contribution in [3.8, 4) is 0 Å². The van der Waals surface area contributed by atoms with Crippen molar-refractivity contribution in [1.82, 2.24) is 10.2 Å². The van der Waals surface area contributed by atoms with Gasteiger partial charge in [0.1, 0.15) is 0 Å². The normalized spacial score (nSPS) is 18.7. The van der Waals surface area contributed by atoms with Crippen LogP contribution in [0.1, 0.15) is 0 Å². The Labute approximate surface area is 66.3 Å². The second-order valence-electron chi connectivity index (χ2n) is 2.21. The standard InChI is InChI=1S/C6H12N2OS/c1-9-6(10)8-4-2-7-3-5-8/h7H,2-5H2,1H3. The van der Waals surface area contributed by atoms with Crippen molar-refractivity contribution in [1.29, 1.82) is 0 Å². The molecule has 10 heavy (non-hydrogen) atoms. The van der Waals surface area contributed by atoms with Crippen LogP contribution in [0.4, 0.5) is 0 Å². The van der Waals surface area contributed by atoms with E-state index in [9.17, 15) is 0 Å². The number of rotatable bonds is 0. The van der Waals surface area contributed by atoms with Crippen molar-refractivity contribution in [3.05, 3.63) is 0 Å². The molecule has 1 N–H and O–H groups in total. The van der Waals surface area contributed by atoms with Gasteiger partial charge in [0.05, 0.1) is 7.11 Å². The number of methoxy groups -OCH3 is 1. The first-order chi connectivity index (χ1) is 4.84. The zero-order valence-electron chi connectivity index (χ0n) is 6.09. The minimum absolute atomic E-state index is 0.613. The molecule has 1 saturated heterocycles. The molecule has 0 aromatic rings. The SMILES string of the molecule is COC(=S)N1CCNCC1. The second-order valence-corrected chi connectivity index (χ2v) is 2.56. The number of nitrogens with zero attached hydrogens (tertiary/aromatic N) is 1. The van der Waals surface area contributed by atoms with Crippen molar-refractivity contribution in [3.63, 3.8) is 0 Å². The van der Waals surface area contributed by atoms with E-state index in [4.69, 9.17) is 17.0 Å². The maximum absolute atomic E-state index is 4.95. The smallest absolute Gasteiger partial charge is 0.259 e. The summed E-state index contributed by atoms with van der Waals surface area (Å²) >= 11 is 4.95. The molecule has 1 aliphatic rings. The van der Waals surface area contributed by atoms with Crippen LogP contribution in [-0.4, -0.2) is 43.4 Å². The number of hydrogen-bond acceptors (Lipinski definition) is 3. The highest BCUT2D eigenvalue weighted by molar-refractivity contribution is 7.80. The molecule has 1 rings (SSSR count). The van der Waals surface area contributed by atoms with Gasteiger partial charge in [-0.3, -0.25) is 0 Å². The molecule has 0 spiro atoms. The lowest BCUT2D eigenvalue weighted by Crippen LogP contribution is -2.46. The number of ether oxygens (including phenoxy) is 1. The number of thiocarbonyl (C=S) groups is 1. The van der Waals surface area contributed by atoms with E-state index in [0.717, 1.165) is 26.2 Å². The molecule has 0 amide bonds. The zero-order chi connectivity index (χ0) is 7.40. The van der Waals surface area contributed by atoms with Gasteiger partial charge in [-0.25, -0.2) is 0 Å². The molecular weight excluding hydrogens is 148 g/mol. The lowest BCUT2D eigenvalue weighted by Gasteiger charge is -2.27. The van der Waals surface area contributed by atoms with E-state index in [1.165, 1.54) is 0 Å². The number of hydrogen-bond donors (Lipinski definition) is 1. The average Bonchev–Trinajstić information content (AvgIpc) is 2.05. The molecule has 1 fully saturated rings. The summed E-state index contributed by atoms with van der Waals surface area (Å²) in [5, 5.41) is 3.85. The van der Waals surface area contributed by atoms with Crippen molar-refractivity contribution >= 4 is 17.4 Å². The Morgan fingerprint density at radius 1 is 1.50 bits per heavy atom. The van der Waals surface area contributed by atoms with E-state index in [-0.39, 0.29) is 0 Å². The fourth-order valence-electron chi connectivity index (χ4n) is 0.977. The monoisotopic (exact) mass is 160 g/mol. The first-order valence-corrected chi connectivity index (χ1v) is 3.79. The van der Waals surface area contributed by atoms with Crippen LogP contribution in [0.2, 0.25) is 0 Å². The number of piperazine rings is 1. The summed E-state index contributed by atoms with van der Waals surface area (Å²) < 4.78 is 4.92. The molecule has 0 aromatic carbocycles. The summed E-state index contributed by atoms with van der Waals surface area (Å²) in [6.45, 7) is 3.94. The zero-order valence-corrected chi connectivity index (χ0v) is 6.91. The molecule has 0 aliphatic carbocycles. The fourth-order valence-corrected chi connectivity index (χ4v) is 1.16. The molecule has 1 aliphatic heterocycles. The lowest BCUT2D eigenvalue weighted by molar-refractivity contribution is 0.272. The fraction of sp³-hybridized carbons (Fsp3) is 0.833. The third-order valence-corrected chi connectivity index (χ3v) is 1.97. The maximum atomic E-state index is 4.95. The molecule has 58 valence electrons. The Kier molecular flexibility index (Phi) is 2.89. The Bertz CT molecular complexity index is 123. The predicted octanol–water partition coefficient (Wildman–Crippen LogP) is -0.177. The Morgan fingerprint density at radius 2 is 2.10 bits per heavy atom. The lowest BCUT2D eigenvalue weighted by atomic mass is 10.4. The minimum atomic E-state index is 0.613. The average molecular weight is 160 g/mol. The van der Waals surface area contributed by atoms with Crippen molar-refractivity contribution in [2.75, 3.05) is 33.3 Å². The van der Waals surface area contributed by atoms with Crippen molar-refractivity contribution in [2.24, 2.45) is 0 Å². The van der Waals surface area contributed by atoms with Crippen LogP contribution in [0.3, 0.4) is 0 Å². The van der Waals surface area contributed by atoms with Crippen LogP contribution in [0.25, 0.3) is 0 Å². The molecule has 1 heterocycles. The van der Waals surface area contributed by atoms with Crippen molar-refractivity contribution in [2.45, 2.75) is 0 Å². The van der Waals surface area contributed by atoms with E-state index in [1.54, 1.807) is 7.11 Å². The van der Waals surface area contributed by atoms with E-state index in [2.05, 4.69) is 10.2 Å². The largest absolute Gasteiger partial charge is 0.474 e. The molecule has 0 atom stereocenters. The summed E-state index contributed by atoms with van der Waals surface area (Å²) in [6, 6.07) is 0. The van der Waals surface area contributed by atoms with Gasteiger partial charge in [0.2, 0.25) is 0 Å². The predicted molar refractivity (Wildman–Crippen MR) is 44.0 cm³/mol. The van der Waals surface area contributed by atoms with Crippen LogP contribution < -0.4 is 5.32 Å². The first-order valence-electron chi connectivity index (χ1n) is 3.38. The van der Waals surface area contributed by atoms with Crippen LogP contribution in [0, 0.1) is 0 Å². The van der Waals surface area contributed by atoms with Gasteiger partial charge >= 0.3 is 0 Å². The molecule has 4 heteroatoms. The van der Waals surface area contributed by atoms with E-state index in [1.807, 2.05) is 0 Å². The molecule has 0 saturated carbocycles. The van der Waals surface area contributed by atoms with Crippen LogP contribution in [0.5, 0.6) is 0 Å². The van der Waals surface area contributed by atoms with Crippen LogP contribution in [-0.2, 0) is 4.74 Å². The molecular formula is C6H12N2OS. The van der Waals surface area contributed by atoms with Gasteiger partial charge in [-0.2, -0.15) is 0 Å². The van der Waals surface area contributed by atoms with Gasteiger partial charge in [-0.15, -0.1) is 0 Å². The highest BCUT2D eigenvalue weighted by Crippen LogP contribution is 1.94. The Balaban J connectivity index is 2.31. The number of nitrogens with one attached hydrogen (secondary N) is 1. The van der Waals surface area contributed by atoms with E-state index >= 15 is 0 Å². The third-order valence-electron chi connectivity index (χ3n) is 1.55. The topological polar surface area (TPSA) is 24.5 Å². The summed E-state index contributed by atoms with van der Waals surface area (Å²) in [6.07, 6.45) is 0. The summed E-state index contributed by atoms with van der Waals surface area (Å²) in [5.74, 6) is 0. The van der Waals surface area contributed by atoms with Crippen LogP contribution >= 0.6 is 12.2 Å². The molecule has 0 unspecified atom stereocenters. The minimum Gasteiger partial charge on any atom is -0.474 e. The molecule has 0 aromatic heterocycles. The highest BCUT2D eigenvalue weighted by atomic mass is 32.1. The third kappa shape index (κ3) is 1.82. The summed E-state index contributed by atoms with van der Waals surface area (Å²) in [4.78, 5) is 2.06. The molecule has 0 radical (unpaired) electrons. The van der Waals surface area contributed by atoms with Gasteiger partial charge in [-0.05, 0) is 12.2 Å². The Morgan fingerprint density at radius 3 is 2.60 bits per heavy atom. The van der Waals surface area contributed by atoms with Gasteiger partial charge in [0.25, 0.3) is 5.17 Å². The van der Waals surface area contributed by atoms with E-state index < -0.39 is 0 Å². The van der Waals surface area contributed by atoms with Crippen LogP contribution in [0.15, 0.2) is 0 Å². The molecule has 3 nitrogen and oxygen atoms in total. The summed E-state index contributed by atoms with van der Waals surface area (Å²) in [7, 11) is 1.62. The maximum Gasteiger partial charge on any atom is 0.259 e. The quantitative estimate of drug-likeness (QED) is 0.497. The van der Waals surface area contributed by atoms with Gasteiger partial charge in [0.15, 0.2) is 0 Å². The highest BCUT2D eigenvalue weighted by Gasteiger charge is 2.11. The van der Waals surface area contributed by atoms with Gasteiger partial charge in [0, 0.05) is 26.2 Å². The van der Waals surface area contributed by atoms with Gasteiger partial charge in [-0.1, -0.05) is 0 Å². The van der Waals surface area contributed by atoms with Gasteiger partial charge < -0.3 is 15.0 Å². The second kappa shape index (κ2) is 3.73.